The largest absolute Gasteiger partial charge is 0.360 e. The predicted molar refractivity (Wildman–Crippen MR) is 93.9 cm³/mol. The van der Waals surface area contributed by atoms with Crippen LogP contribution in [0.25, 0.3) is 10.9 Å². The van der Waals surface area contributed by atoms with E-state index in [9.17, 15) is 0 Å². The number of aromatic amines is 1. The molecule has 0 radical (unpaired) electrons. The van der Waals surface area contributed by atoms with Gasteiger partial charge in [-0.3, -0.25) is 0 Å². The highest BCUT2D eigenvalue weighted by atomic mass is 79.9. The molecule has 0 saturated heterocycles. The Morgan fingerprint density at radius 3 is 2.68 bits per heavy atom. The third-order valence-corrected chi connectivity index (χ3v) is 4.76. The second-order valence-electron chi connectivity index (χ2n) is 5.57. The Morgan fingerprint density at radius 2 is 1.95 bits per heavy atom. The minimum Gasteiger partial charge on any atom is -0.360 e. The molecule has 2 nitrogen and oxygen atoms in total. The first-order valence-electron chi connectivity index (χ1n) is 7.39. The number of halogens is 1. The third kappa shape index (κ3) is 2.80. The fourth-order valence-corrected chi connectivity index (χ4v) is 3.42. The molecular formula is C19H17BrN2. The maximum absolute atomic E-state index is 9.00. The second-order valence-corrected chi connectivity index (χ2v) is 6.42. The highest BCUT2D eigenvalue weighted by Gasteiger charge is 2.18. The van der Waals surface area contributed by atoms with Crippen LogP contribution in [-0.2, 0) is 0 Å². The molecule has 2 aromatic carbocycles. The Morgan fingerprint density at radius 1 is 1.18 bits per heavy atom. The monoisotopic (exact) mass is 352 g/mol. The Balaban J connectivity index is 2.10. The van der Waals surface area contributed by atoms with Gasteiger partial charge in [0.15, 0.2) is 0 Å². The minimum atomic E-state index is 0.239. The van der Waals surface area contributed by atoms with E-state index in [0.29, 0.717) is 6.42 Å². The zero-order valence-corrected chi connectivity index (χ0v) is 14.0. The molecule has 1 atom stereocenters. The van der Waals surface area contributed by atoms with Crippen LogP contribution in [0.1, 0.15) is 35.4 Å². The number of hydrogen-bond donors (Lipinski definition) is 1. The number of H-pyrrole nitrogens is 1. The molecule has 0 aliphatic heterocycles. The Hall–Kier alpha value is -2.05. The fraction of sp³-hybridized carbons (Fsp3) is 0.211. The quantitative estimate of drug-likeness (QED) is 0.644. The second kappa shape index (κ2) is 6.37. The molecule has 3 heteroatoms. The normalized spacial score (nSPS) is 12.2. The number of nitriles is 1. The summed E-state index contributed by atoms with van der Waals surface area (Å²) in [6.07, 6.45) is 3.47. The summed E-state index contributed by atoms with van der Waals surface area (Å²) in [7, 11) is 0. The first-order chi connectivity index (χ1) is 10.7. The van der Waals surface area contributed by atoms with Crippen LogP contribution in [0.4, 0.5) is 0 Å². The summed E-state index contributed by atoms with van der Waals surface area (Å²) < 4.78 is 1.07. The fourth-order valence-electron chi connectivity index (χ4n) is 2.94. The average molecular weight is 353 g/mol. The van der Waals surface area contributed by atoms with E-state index in [1.807, 2.05) is 6.07 Å². The van der Waals surface area contributed by atoms with Crippen molar-refractivity contribution >= 4 is 26.8 Å². The number of rotatable bonds is 4. The molecule has 0 spiro atoms. The molecule has 22 heavy (non-hydrogen) atoms. The SMILES string of the molecule is Cc1ccc(C(CCC#N)c2c[nH]c3c(Br)cccc23)cc1. The van der Waals surface area contributed by atoms with Crippen LogP contribution >= 0.6 is 15.9 Å². The van der Waals surface area contributed by atoms with Crippen molar-refractivity contribution in [2.75, 3.05) is 0 Å². The number of para-hydroxylation sites is 1. The van der Waals surface area contributed by atoms with Crippen LogP contribution in [0, 0.1) is 18.3 Å². The van der Waals surface area contributed by atoms with E-state index in [-0.39, 0.29) is 5.92 Å². The number of nitrogens with one attached hydrogen (secondary N) is 1. The van der Waals surface area contributed by atoms with Gasteiger partial charge in [0.1, 0.15) is 0 Å². The zero-order chi connectivity index (χ0) is 15.5. The number of aryl methyl sites for hydroxylation is 1. The molecule has 1 heterocycles. The van der Waals surface area contributed by atoms with Gasteiger partial charge in [0.25, 0.3) is 0 Å². The lowest BCUT2D eigenvalue weighted by atomic mass is 9.87. The highest BCUT2D eigenvalue weighted by molar-refractivity contribution is 9.10. The van der Waals surface area contributed by atoms with E-state index in [4.69, 9.17) is 5.26 Å². The van der Waals surface area contributed by atoms with Gasteiger partial charge in [0, 0.05) is 28.4 Å². The van der Waals surface area contributed by atoms with Gasteiger partial charge in [-0.2, -0.15) is 5.26 Å². The average Bonchev–Trinajstić information content (AvgIpc) is 2.95. The Labute approximate surface area is 138 Å². The molecule has 3 rings (SSSR count). The molecule has 0 fully saturated rings. The summed E-state index contributed by atoms with van der Waals surface area (Å²) in [6, 6.07) is 17.1. The summed E-state index contributed by atoms with van der Waals surface area (Å²) in [4.78, 5) is 3.36. The highest BCUT2D eigenvalue weighted by Crippen LogP contribution is 2.36. The number of fused-ring (bicyclic) bond motifs is 1. The van der Waals surface area contributed by atoms with E-state index in [0.717, 1.165) is 16.4 Å². The van der Waals surface area contributed by atoms with Gasteiger partial charge in [0.2, 0.25) is 0 Å². The van der Waals surface area contributed by atoms with Crippen molar-refractivity contribution < 1.29 is 0 Å². The van der Waals surface area contributed by atoms with Crippen molar-refractivity contribution in [3.8, 4) is 6.07 Å². The van der Waals surface area contributed by atoms with Crippen LogP contribution in [-0.4, -0.2) is 4.98 Å². The van der Waals surface area contributed by atoms with E-state index in [1.165, 1.54) is 22.1 Å². The number of hydrogen-bond acceptors (Lipinski definition) is 1. The minimum absolute atomic E-state index is 0.239. The van der Waals surface area contributed by atoms with E-state index in [1.54, 1.807) is 0 Å². The third-order valence-electron chi connectivity index (χ3n) is 4.10. The molecule has 1 aromatic heterocycles. The standard InChI is InChI=1S/C19H17BrN2/c1-13-7-9-14(10-8-13)15(5-3-11-21)17-12-22-19-16(17)4-2-6-18(19)20/h2,4,6-10,12,15,22H,3,5H2,1H3. The molecule has 3 aromatic rings. The summed E-state index contributed by atoms with van der Waals surface area (Å²) in [5.41, 5.74) is 4.90. The first-order valence-corrected chi connectivity index (χ1v) is 8.19. The van der Waals surface area contributed by atoms with Crippen molar-refractivity contribution in [2.45, 2.75) is 25.7 Å². The Kier molecular flexibility index (Phi) is 4.31. The maximum Gasteiger partial charge on any atom is 0.0622 e. The smallest absolute Gasteiger partial charge is 0.0622 e. The molecular weight excluding hydrogens is 336 g/mol. The molecule has 0 amide bonds. The maximum atomic E-state index is 9.00. The van der Waals surface area contributed by atoms with Crippen molar-refractivity contribution in [2.24, 2.45) is 0 Å². The first kappa shape index (κ1) is 14.9. The lowest BCUT2D eigenvalue weighted by molar-refractivity contribution is 0.738. The lowest BCUT2D eigenvalue weighted by Gasteiger charge is -2.16. The van der Waals surface area contributed by atoms with E-state index >= 15 is 0 Å². The van der Waals surface area contributed by atoms with Gasteiger partial charge < -0.3 is 4.98 Å². The molecule has 1 unspecified atom stereocenters. The van der Waals surface area contributed by atoms with Crippen LogP contribution < -0.4 is 0 Å². The number of aromatic nitrogens is 1. The number of nitrogens with zero attached hydrogens (tertiary/aromatic N) is 1. The molecule has 0 aliphatic carbocycles. The van der Waals surface area contributed by atoms with Gasteiger partial charge in [-0.05, 0) is 46.5 Å². The van der Waals surface area contributed by atoms with Gasteiger partial charge in [-0.1, -0.05) is 42.0 Å². The Bertz CT molecular complexity index is 825. The lowest BCUT2D eigenvalue weighted by Crippen LogP contribution is -2.00. The summed E-state index contributed by atoms with van der Waals surface area (Å²) in [5, 5.41) is 10.2. The van der Waals surface area contributed by atoms with Crippen molar-refractivity contribution in [3.63, 3.8) is 0 Å². The number of benzene rings is 2. The molecule has 0 saturated carbocycles. The van der Waals surface area contributed by atoms with Gasteiger partial charge in [-0.15, -0.1) is 0 Å². The van der Waals surface area contributed by atoms with Gasteiger partial charge in [0.05, 0.1) is 11.6 Å². The van der Waals surface area contributed by atoms with Crippen molar-refractivity contribution in [1.29, 1.82) is 5.26 Å². The molecule has 1 N–H and O–H groups in total. The summed E-state index contributed by atoms with van der Waals surface area (Å²) in [5.74, 6) is 0.239. The molecule has 110 valence electrons. The topological polar surface area (TPSA) is 39.6 Å². The molecule has 0 bridgehead atoms. The summed E-state index contributed by atoms with van der Waals surface area (Å²) >= 11 is 3.59. The van der Waals surface area contributed by atoms with Crippen molar-refractivity contribution in [1.82, 2.24) is 4.98 Å². The van der Waals surface area contributed by atoms with E-state index in [2.05, 4.69) is 76.5 Å². The predicted octanol–water partition coefficient (Wildman–Crippen LogP) is 5.67. The van der Waals surface area contributed by atoms with Crippen LogP contribution in [0.3, 0.4) is 0 Å². The van der Waals surface area contributed by atoms with Crippen molar-refractivity contribution in [3.05, 3.63) is 69.8 Å². The van der Waals surface area contributed by atoms with Gasteiger partial charge in [-0.25, -0.2) is 0 Å². The van der Waals surface area contributed by atoms with Crippen LogP contribution in [0.15, 0.2) is 53.1 Å². The zero-order valence-electron chi connectivity index (χ0n) is 12.4. The van der Waals surface area contributed by atoms with Crippen LogP contribution in [0.5, 0.6) is 0 Å². The van der Waals surface area contributed by atoms with E-state index < -0.39 is 0 Å². The summed E-state index contributed by atoms with van der Waals surface area (Å²) in [6.45, 7) is 2.09. The van der Waals surface area contributed by atoms with Gasteiger partial charge >= 0.3 is 0 Å². The molecule has 0 aliphatic rings. The van der Waals surface area contributed by atoms with Crippen LogP contribution in [0.2, 0.25) is 0 Å².